The Balaban J connectivity index is 1.67. The molecule has 0 radical (unpaired) electrons. The van der Waals surface area contributed by atoms with Gasteiger partial charge in [-0.1, -0.05) is 29.8 Å². The molecule has 1 atom stereocenters. The smallest absolute Gasteiger partial charge is 0.343 e. The van der Waals surface area contributed by atoms with Crippen molar-refractivity contribution in [2.45, 2.75) is 12.3 Å². The summed E-state index contributed by atoms with van der Waals surface area (Å²) in [4.78, 5) is 30.9. The van der Waals surface area contributed by atoms with Gasteiger partial charge in [-0.05, 0) is 42.8 Å². The molecule has 0 spiro atoms. The van der Waals surface area contributed by atoms with Crippen molar-refractivity contribution in [2.75, 3.05) is 10.7 Å². The largest absolute Gasteiger partial charge is 0.419 e. The van der Waals surface area contributed by atoms with Crippen molar-refractivity contribution in [2.24, 2.45) is 0 Å². The maximum atomic E-state index is 13.3. The summed E-state index contributed by atoms with van der Waals surface area (Å²) in [5, 5.41) is -0.345. The standard InChI is InChI=1S/C22H17FN2O3S/c1-14-3-2-4-16(11-14)22(27)28-19-12-24-10-9-18(19)25-20(26)13-29-21(25)15-5-7-17(23)8-6-15/h2-12,21H,13H2,1H3. The maximum Gasteiger partial charge on any atom is 0.343 e. The number of anilines is 1. The van der Waals surface area contributed by atoms with Crippen LogP contribution in [0.15, 0.2) is 67.0 Å². The van der Waals surface area contributed by atoms with E-state index in [0.29, 0.717) is 11.3 Å². The summed E-state index contributed by atoms with van der Waals surface area (Å²) in [5.74, 6) is -0.521. The molecule has 1 aromatic heterocycles. The second kappa shape index (κ2) is 8.05. The predicted molar refractivity (Wildman–Crippen MR) is 109 cm³/mol. The van der Waals surface area contributed by atoms with E-state index in [-0.39, 0.29) is 28.6 Å². The minimum Gasteiger partial charge on any atom is -0.419 e. The number of benzene rings is 2. The van der Waals surface area contributed by atoms with Gasteiger partial charge in [0.15, 0.2) is 5.75 Å². The first-order valence-corrected chi connectivity index (χ1v) is 10.00. The van der Waals surface area contributed by atoms with Gasteiger partial charge in [0.2, 0.25) is 5.91 Å². The summed E-state index contributed by atoms with van der Waals surface area (Å²) in [6.45, 7) is 1.89. The Kier molecular flexibility index (Phi) is 5.31. The highest BCUT2D eigenvalue weighted by atomic mass is 32.2. The quantitative estimate of drug-likeness (QED) is 0.594. The van der Waals surface area contributed by atoms with Gasteiger partial charge in [0.05, 0.1) is 23.2 Å². The molecule has 1 fully saturated rings. The first-order valence-electron chi connectivity index (χ1n) is 8.95. The van der Waals surface area contributed by atoms with E-state index in [1.54, 1.807) is 41.3 Å². The van der Waals surface area contributed by atoms with E-state index in [2.05, 4.69) is 4.98 Å². The van der Waals surface area contributed by atoms with Crippen LogP contribution in [-0.4, -0.2) is 22.6 Å². The molecule has 0 aliphatic carbocycles. The lowest BCUT2D eigenvalue weighted by molar-refractivity contribution is -0.115. The molecule has 146 valence electrons. The van der Waals surface area contributed by atoms with E-state index < -0.39 is 5.97 Å². The van der Waals surface area contributed by atoms with Gasteiger partial charge in [-0.25, -0.2) is 9.18 Å². The molecule has 1 aliphatic rings. The third-order valence-corrected chi connectivity index (χ3v) is 5.71. The fraction of sp³-hybridized carbons (Fsp3) is 0.136. The molecule has 1 amide bonds. The number of carbonyl (C=O) groups is 2. The average molecular weight is 408 g/mol. The summed E-state index contributed by atoms with van der Waals surface area (Å²) in [5.41, 5.74) is 2.59. The van der Waals surface area contributed by atoms with Gasteiger partial charge in [0.1, 0.15) is 11.2 Å². The van der Waals surface area contributed by atoms with Gasteiger partial charge in [0.25, 0.3) is 0 Å². The molecule has 3 aromatic rings. The number of aromatic nitrogens is 1. The van der Waals surface area contributed by atoms with Crippen LogP contribution in [0.5, 0.6) is 5.75 Å². The summed E-state index contributed by atoms with van der Waals surface area (Å²) in [7, 11) is 0. The number of hydrogen-bond acceptors (Lipinski definition) is 5. The summed E-state index contributed by atoms with van der Waals surface area (Å²) >= 11 is 1.43. The van der Waals surface area contributed by atoms with Crippen molar-refractivity contribution in [3.63, 3.8) is 0 Å². The van der Waals surface area contributed by atoms with Crippen molar-refractivity contribution in [1.82, 2.24) is 4.98 Å². The van der Waals surface area contributed by atoms with Gasteiger partial charge in [-0.2, -0.15) is 0 Å². The van der Waals surface area contributed by atoms with E-state index in [1.807, 2.05) is 13.0 Å². The first kappa shape index (κ1) is 19.1. The number of carbonyl (C=O) groups excluding carboxylic acids is 2. The van der Waals surface area contributed by atoms with Gasteiger partial charge in [-0.3, -0.25) is 14.7 Å². The number of nitrogens with zero attached hydrogens (tertiary/aromatic N) is 2. The number of hydrogen-bond donors (Lipinski definition) is 0. The van der Waals surface area contributed by atoms with Gasteiger partial charge < -0.3 is 4.74 Å². The highest BCUT2D eigenvalue weighted by molar-refractivity contribution is 8.00. The lowest BCUT2D eigenvalue weighted by Crippen LogP contribution is -2.28. The third kappa shape index (κ3) is 4.00. The van der Waals surface area contributed by atoms with E-state index in [4.69, 9.17) is 4.74 Å². The molecule has 0 N–H and O–H groups in total. The van der Waals surface area contributed by atoms with Crippen molar-refractivity contribution in [3.05, 3.63) is 89.5 Å². The molecule has 29 heavy (non-hydrogen) atoms. The number of esters is 1. The lowest BCUT2D eigenvalue weighted by atomic mass is 10.1. The number of thioether (sulfide) groups is 1. The number of ether oxygens (including phenoxy) is 1. The zero-order chi connectivity index (χ0) is 20.4. The Morgan fingerprint density at radius 3 is 2.76 bits per heavy atom. The van der Waals surface area contributed by atoms with Crippen LogP contribution in [0.3, 0.4) is 0 Å². The SMILES string of the molecule is Cc1cccc(C(=O)Oc2cnccc2N2C(=O)CSC2c2ccc(F)cc2)c1. The summed E-state index contributed by atoms with van der Waals surface area (Å²) in [6, 6.07) is 14.7. The number of amides is 1. The highest BCUT2D eigenvalue weighted by Gasteiger charge is 2.36. The number of aryl methyl sites for hydroxylation is 1. The molecular weight excluding hydrogens is 391 g/mol. The minimum absolute atomic E-state index is 0.122. The normalized spacial score (nSPS) is 16.1. The summed E-state index contributed by atoms with van der Waals surface area (Å²) in [6.07, 6.45) is 2.96. The molecular formula is C22H17FN2O3S. The topological polar surface area (TPSA) is 59.5 Å². The first-order chi connectivity index (χ1) is 14.0. The average Bonchev–Trinajstić information content (AvgIpc) is 3.10. The van der Waals surface area contributed by atoms with Gasteiger partial charge in [0, 0.05) is 6.20 Å². The molecule has 0 saturated carbocycles. The van der Waals surface area contributed by atoms with Crippen LogP contribution in [0.2, 0.25) is 0 Å². The van der Waals surface area contributed by atoms with Crippen LogP contribution in [0.1, 0.15) is 26.9 Å². The molecule has 1 aliphatic heterocycles. The van der Waals surface area contributed by atoms with Gasteiger partial charge in [-0.15, -0.1) is 11.8 Å². The zero-order valence-corrected chi connectivity index (χ0v) is 16.4. The monoisotopic (exact) mass is 408 g/mol. The Morgan fingerprint density at radius 1 is 1.21 bits per heavy atom. The molecule has 2 heterocycles. The van der Waals surface area contributed by atoms with Crippen molar-refractivity contribution >= 4 is 29.3 Å². The Morgan fingerprint density at radius 2 is 2.00 bits per heavy atom. The lowest BCUT2D eigenvalue weighted by Gasteiger charge is -2.25. The van der Waals surface area contributed by atoms with Crippen LogP contribution in [0.4, 0.5) is 10.1 Å². The van der Waals surface area contributed by atoms with E-state index in [1.165, 1.54) is 36.3 Å². The molecule has 2 aromatic carbocycles. The Labute approximate surface area is 171 Å². The molecule has 7 heteroatoms. The van der Waals surface area contributed by atoms with Crippen molar-refractivity contribution < 1.29 is 18.7 Å². The predicted octanol–water partition coefficient (Wildman–Crippen LogP) is 4.53. The molecule has 1 saturated heterocycles. The van der Waals surface area contributed by atoms with Crippen LogP contribution < -0.4 is 9.64 Å². The Bertz CT molecular complexity index is 1070. The van der Waals surface area contributed by atoms with Crippen LogP contribution in [-0.2, 0) is 4.79 Å². The number of pyridine rings is 1. The second-order valence-electron chi connectivity index (χ2n) is 6.58. The van der Waals surface area contributed by atoms with Crippen molar-refractivity contribution in [1.29, 1.82) is 0 Å². The fourth-order valence-corrected chi connectivity index (χ4v) is 4.31. The van der Waals surface area contributed by atoms with Gasteiger partial charge >= 0.3 is 5.97 Å². The van der Waals surface area contributed by atoms with E-state index in [0.717, 1.165) is 11.1 Å². The Hall–Kier alpha value is -3.19. The van der Waals surface area contributed by atoms with Crippen molar-refractivity contribution in [3.8, 4) is 5.75 Å². The van der Waals surface area contributed by atoms with E-state index >= 15 is 0 Å². The minimum atomic E-state index is -0.527. The number of halogens is 1. The maximum absolute atomic E-state index is 13.3. The summed E-state index contributed by atoms with van der Waals surface area (Å²) < 4.78 is 18.9. The highest BCUT2D eigenvalue weighted by Crippen LogP contribution is 2.44. The van der Waals surface area contributed by atoms with E-state index in [9.17, 15) is 14.0 Å². The molecule has 4 rings (SSSR count). The molecule has 5 nitrogen and oxygen atoms in total. The third-order valence-electron chi connectivity index (χ3n) is 4.50. The fourth-order valence-electron chi connectivity index (χ4n) is 3.14. The molecule has 1 unspecified atom stereocenters. The molecule has 0 bridgehead atoms. The van der Waals surface area contributed by atoms with Crippen LogP contribution in [0.25, 0.3) is 0 Å². The van der Waals surface area contributed by atoms with Crippen LogP contribution in [0, 0.1) is 12.7 Å². The van der Waals surface area contributed by atoms with Crippen LogP contribution >= 0.6 is 11.8 Å². The zero-order valence-electron chi connectivity index (χ0n) is 15.5. The second-order valence-corrected chi connectivity index (χ2v) is 7.65. The number of rotatable bonds is 4.